The summed E-state index contributed by atoms with van der Waals surface area (Å²) in [7, 11) is 0. The van der Waals surface area contributed by atoms with E-state index in [9.17, 15) is 22.4 Å². The minimum atomic E-state index is -4.90. The highest BCUT2D eigenvalue weighted by Crippen LogP contribution is 2.45. The van der Waals surface area contributed by atoms with E-state index in [0.29, 0.717) is 0 Å². The van der Waals surface area contributed by atoms with E-state index in [1.54, 1.807) is 0 Å². The number of amides is 2. The topological polar surface area (TPSA) is 67.1 Å². The van der Waals surface area contributed by atoms with Crippen molar-refractivity contribution in [3.05, 3.63) is 29.1 Å². The lowest BCUT2D eigenvalue weighted by Gasteiger charge is -2.37. The first-order valence-electron chi connectivity index (χ1n) is 6.98. The third kappa shape index (κ3) is 2.61. The largest absolute Gasteiger partial charge is 0.427 e. The van der Waals surface area contributed by atoms with E-state index in [1.165, 1.54) is 0 Å². The molecule has 3 rings (SSSR count). The number of carbonyl (C=O) groups excluding carboxylic acids is 1. The monoisotopic (exact) mass is 327 g/mol. The van der Waals surface area contributed by atoms with Gasteiger partial charge >= 0.3 is 12.2 Å². The molecule has 1 aromatic carbocycles. The van der Waals surface area contributed by atoms with E-state index >= 15 is 0 Å². The fourth-order valence-electron chi connectivity index (χ4n) is 2.41. The Bertz CT molecular complexity index is 731. The molecule has 122 valence electrons. The van der Waals surface area contributed by atoms with Crippen molar-refractivity contribution in [1.82, 2.24) is 5.32 Å². The molecule has 1 aliphatic heterocycles. The van der Waals surface area contributed by atoms with Crippen molar-refractivity contribution < 1.29 is 22.4 Å². The smallest absolute Gasteiger partial charge is 0.326 e. The Hall–Kier alpha value is -2.27. The van der Waals surface area contributed by atoms with Gasteiger partial charge in [0.05, 0.1) is 0 Å². The summed E-state index contributed by atoms with van der Waals surface area (Å²) < 4.78 is 55.2. The fourth-order valence-corrected chi connectivity index (χ4v) is 2.41. The zero-order valence-corrected chi connectivity index (χ0v) is 11.9. The van der Waals surface area contributed by atoms with E-state index in [-0.39, 0.29) is 23.7 Å². The number of fused-ring (bicyclic) bond motifs is 1. The van der Waals surface area contributed by atoms with Crippen LogP contribution >= 0.6 is 0 Å². The van der Waals surface area contributed by atoms with Crippen LogP contribution in [-0.4, -0.2) is 12.2 Å². The summed E-state index contributed by atoms with van der Waals surface area (Å²) in [6.45, 7) is -0.199. The molecule has 0 unspecified atom stereocenters. The molecule has 0 bridgehead atoms. The highest BCUT2D eigenvalue weighted by atomic mass is 19.4. The predicted molar refractivity (Wildman–Crippen MR) is 74.7 cm³/mol. The molecule has 8 heteroatoms. The summed E-state index contributed by atoms with van der Waals surface area (Å²) in [6.07, 6.45) is -3.46. The molecule has 2 aliphatic rings. The average molecular weight is 327 g/mol. The molecular weight excluding hydrogens is 314 g/mol. The summed E-state index contributed by atoms with van der Waals surface area (Å²) in [4.78, 5) is 11.7. The first-order valence-corrected chi connectivity index (χ1v) is 6.98. The number of nitrogens with two attached hydrogens (primary N) is 1. The zero-order chi connectivity index (χ0) is 16.8. The van der Waals surface area contributed by atoms with Gasteiger partial charge in [0.15, 0.2) is 0 Å². The number of benzene rings is 1. The van der Waals surface area contributed by atoms with Gasteiger partial charge in [0, 0.05) is 29.3 Å². The maximum absolute atomic E-state index is 14.0. The van der Waals surface area contributed by atoms with Gasteiger partial charge in [-0.15, -0.1) is 0 Å². The van der Waals surface area contributed by atoms with Crippen LogP contribution < -0.4 is 16.4 Å². The Kier molecular flexibility index (Phi) is 3.48. The second-order valence-corrected chi connectivity index (χ2v) is 5.56. The average Bonchev–Trinajstić information content (AvgIpc) is 3.27. The Morgan fingerprint density at radius 2 is 2.04 bits per heavy atom. The minimum Gasteiger partial charge on any atom is -0.326 e. The van der Waals surface area contributed by atoms with Crippen molar-refractivity contribution in [3.8, 4) is 11.8 Å². The third-order valence-electron chi connectivity index (χ3n) is 3.83. The molecule has 2 amide bonds. The molecule has 4 N–H and O–H groups in total. The molecule has 0 radical (unpaired) electrons. The lowest BCUT2D eigenvalue weighted by atomic mass is 9.85. The minimum absolute atomic E-state index is 0.0113. The lowest BCUT2D eigenvalue weighted by molar-refractivity contribution is -0.178. The van der Waals surface area contributed by atoms with Crippen LogP contribution in [0.15, 0.2) is 12.1 Å². The normalized spacial score (nSPS) is 23.3. The van der Waals surface area contributed by atoms with Gasteiger partial charge in [-0.3, -0.25) is 0 Å². The van der Waals surface area contributed by atoms with Crippen LogP contribution in [-0.2, 0) is 12.1 Å². The molecule has 1 atom stereocenters. The van der Waals surface area contributed by atoms with E-state index in [0.717, 1.165) is 25.0 Å². The molecule has 1 saturated carbocycles. The van der Waals surface area contributed by atoms with Crippen LogP contribution in [0, 0.1) is 23.6 Å². The fraction of sp³-hybridized carbons (Fsp3) is 0.400. The van der Waals surface area contributed by atoms with E-state index in [2.05, 4.69) is 17.2 Å². The molecule has 23 heavy (non-hydrogen) atoms. The van der Waals surface area contributed by atoms with Gasteiger partial charge in [0.25, 0.3) is 0 Å². The number of urea groups is 1. The number of nitrogens with one attached hydrogen (secondary N) is 2. The Labute approximate surface area is 129 Å². The van der Waals surface area contributed by atoms with Gasteiger partial charge in [-0.25, -0.2) is 9.18 Å². The van der Waals surface area contributed by atoms with Crippen molar-refractivity contribution in [2.45, 2.75) is 31.1 Å². The van der Waals surface area contributed by atoms with Crippen molar-refractivity contribution in [2.75, 3.05) is 5.32 Å². The molecule has 1 aromatic rings. The number of halogens is 4. The van der Waals surface area contributed by atoms with Crippen LogP contribution in [0.2, 0.25) is 0 Å². The molecule has 1 heterocycles. The molecule has 1 aliphatic carbocycles. The Morgan fingerprint density at radius 1 is 1.35 bits per heavy atom. The van der Waals surface area contributed by atoms with Crippen molar-refractivity contribution in [2.24, 2.45) is 11.7 Å². The second kappa shape index (κ2) is 5.13. The van der Waals surface area contributed by atoms with E-state index in [4.69, 9.17) is 5.73 Å². The molecule has 0 saturated heterocycles. The molecular formula is C15H13F4N3O. The van der Waals surface area contributed by atoms with Gasteiger partial charge in [-0.2, -0.15) is 13.2 Å². The SMILES string of the molecule is NCc1cc2c(cc1F)[C@@](C#CC1CC1)(C(F)(F)F)NC(=O)N2. The summed E-state index contributed by atoms with van der Waals surface area (Å²) in [6, 6.07) is 0.802. The summed E-state index contributed by atoms with van der Waals surface area (Å²) in [5.41, 5.74) is 1.84. The highest BCUT2D eigenvalue weighted by Gasteiger charge is 2.59. The van der Waals surface area contributed by atoms with E-state index < -0.39 is 29.1 Å². The van der Waals surface area contributed by atoms with E-state index in [1.807, 2.05) is 5.32 Å². The predicted octanol–water partition coefficient (Wildman–Crippen LogP) is 2.59. The lowest BCUT2D eigenvalue weighted by Crippen LogP contribution is -2.59. The quantitative estimate of drug-likeness (QED) is 0.548. The van der Waals surface area contributed by atoms with Crippen LogP contribution in [0.1, 0.15) is 24.0 Å². The van der Waals surface area contributed by atoms with Crippen molar-refractivity contribution in [1.29, 1.82) is 0 Å². The standard InChI is InChI=1S/C15H13F4N3O/c16-11-6-10-12(5-9(11)7-20)21-13(23)22-14(10,15(17,18)19)4-3-8-1-2-8/h5-6,8H,1-2,7,20H2,(H2,21,22,23)/t14-/m0/s1. The first-order chi connectivity index (χ1) is 10.8. The molecule has 0 spiro atoms. The summed E-state index contributed by atoms with van der Waals surface area (Å²) >= 11 is 0. The number of anilines is 1. The Morgan fingerprint density at radius 3 is 2.61 bits per heavy atom. The van der Waals surface area contributed by atoms with Gasteiger partial charge in [-0.05, 0) is 25.0 Å². The first kappa shape index (κ1) is 15.6. The molecule has 4 nitrogen and oxygen atoms in total. The van der Waals surface area contributed by atoms with Crippen molar-refractivity contribution in [3.63, 3.8) is 0 Å². The third-order valence-corrected chi connectivity index (χ3v) is 3.83. The number of alkyl halides is 3. The molecule has 0 aromatic heterocycles. The van der Waals surface area contributed by atoms with Gasteiger partial charge in [0.1, 0.15) is 5.82 Å². The summed E-state index contributed by atoms with van der Waals surface area (Å²) in [5, 5.41) is 4.08. The highest BCUT2D eigenvalue weighted by molar-refractivity contribution is 5.95. The van der Waals surface area contributed by atoms with Gasteiger partial charge in [-0.1, -0.05) is 11.8 Å². The summed E-state index contributed by atoms with van der Waals surface area (Å²) in [5.74, 6) is 3.68. The van der Waals surface area contributed by atoms with Gasteiger partial charge < -0.3 is 16.4 Å². The second-order valence-electron chi connectivity index (χ2n) is 5.56. The molecule has 1 fully saturated rings. The number of hydrogen-bond acceptors (Lipinski definition) is 2. The van der Waals surface area contributed by atoms with Crippen LogP contribution in [0.5, 0.6) is 0 Å². The van der Waals surface area contributed by atoms with Crippen LogP contribution in [0.25, 0.3) is 0 Å². The van der Waals surface area contributed by atoms with Gasteiger partial charge in [0.2, 0.25) is 5.54 Å². The zero-order valence-electron chi connectivity index (χ0n) is 11.9. The maximum atomic E-state index is 14.0. The van der Waals surface area contributed by atoms with Crippen molar-refractivity contribution >= 4 is 11.7 Å². The number of rotatable bonds is 1. The Balaban J connectivity index is 2.23. The maximum Gasteiger partial charge on any atom is 0.427 e. The number of hydrogen-bond donors (Lipinski definition) is 3. The van der Waals surface area contributed by atoms with Crippen LogP contribution in [0.4, 0.5) is 28.0 Å². The number of carbonyl (C=O) groups is 1. The van der Waals surface area contributed by atoms with Crippen LogP contribution in [0.3, 0.4) is 0 Å².